The summed E-state index contributed by atoms with van der Waals surface area (Å²) in [6, 6.07) is 3.70. The first kappa shape index (κ1) is 15.2. The predicted molar refractivity (Wildman–Crippen MR) is 73.5 cm³/mol. The van der Waals surface area contributed by atoms with Crippen molar-refractivity contribution in [1.82, 2.24) is 4.31 Å². The molecule has 0 atom stereocenters. The van der Waals surface area contributed by atoms with Crippen LogP contribution in [0.15, 0.2) is 28.0 Å². The van der Waals surface area contributed by atoms with Crippen molar-refractivity contribution in [1.29, 1.82) is 0 Å². The topological polar surface area (TPSA) is 107 Å². The molecule has 20 heavy (non-hydrogen) atoms. The average molecular weight is 320 g/mol. The molecule has 0 aliphatic carbocycles. The van der Waals surface area contributed by atoms with Crippen LogP contribution in [0, 0.1) is 0 Å². The van der Waals surface area contributed by atoms with Gasteiger partial charge in [0.2, 0.25) is 10.0 Å². The minimum absolute atomic E-state index is 0.0314. The normalized spacial score (nSPS) is 18.1. The highest BCUT2D eigenvalue weighted by Crippen LogP contribution is 2.26. The molecule has 1 fully saturated rings. The van der Waals surface area contributed by atoms with Gasteiger partial charge in [0.25, 0.3) is 0 Å². The maximum atomic E-state index is 12.5. The molecule has 0 unspecified atom stereocenters. The molecule has 1 aliphatic heterocycles. The SMILES string of the molecule is CS(=O)(=O)c1ccc(N)c(S(=O)(=O)N2CCOCC2)c1. The second kappa shape index (κ2) is 5.32. The standard InChI is InChI=1S/C11H16N2O5S2/c1-19(14,15)9-2-3-10(12)11(8-9)20(16,17)13-4-6-18-7-5-13/h2-3,8H,4-7,12H2,1H3. The van der Waals surface area contributed by atoms with Gasteiger partial charge < -0.3 is 10.5 Å². The van der Waals surface area contributed by atoms with Gasteiger partial charge in [-0.2, -0.15) is 4.31 Å². The molecule has 1 aromatic rings. The van der Waals surface area contributed by atoms with Crippen LogP contribution >= 0.6 is 0 Å². The lowest BCUT2D eigenvalue weighted by Gasteiger charge is -2.26. The number of ether oxygens (including phenoxy) is 1. The highest BCUT2D eigenvalue weighted by atomic mass is 32.2. The Balaban J connectivity index is 2.50. The van der Waals surface area contributed by atoms with Crippen molar-refractivity contribution in [3.8, 4) is 0 Å². The second-order valence-electron chi connectivity index (χ2n) is 4.49. The van der Waals surface area contributed by atoms with Crippen LogP contribution in [0.1, 0.15) is 0 Å². The lowest BCUT2D eigenvalue weighted by Crippen LogP contribution is -2.40. The van der Waals surface area contributed by atoms with E-state index in [2.05, 4.69) is 0 Å². The molecule has 2 rings (SSSR count). The van der Waals surface area contributed by atoms with Gasteiger partial charge in [-0.15, -0.1) is 0 Å². The molecule has 0 spiro atoms. The molecule has 1 heterocycles. The number of hydrogen-bond donors (Lipinski definition) is 1. The Hall–Kier alpha value is -1.16. The third-order valence-electron chi connectivity index (χ3n) is 3.00. The number of nitrogens with zero attached hydrogens (tertiary/aromatic N) is 1. The molecule has 0 radical (unpaired) electrons. The van der Waals surface area contributed by atoms with E-state index in [0.29, 0.717) is 13.2 Å². The van der Waals surface area contributed by atoms with Crippen molar-refractivity contribution in [2.75, 3.05) is 38.3 Å². The summed E-state index contributed by atoms with van der Waals surface area (Å²) < 4.78 is 54.4. The highest BCUT2D eigenvalue weighted by Gasteiger charge is 2.29. The van der Waals surface area contributed by atoms with Crippen LogP contribution in [0.5, 0.6) is 0 Å². The number of morpholine rings is 1. The molecule has 0 bridgehead atoms. The van der Waals surface area contributed by atoms with Gasteiger partial charge in [-0.3, -0.25) is 0 Å². The number of nitrogen functional groups attached to an aromatic ring is 1. The van der Waals surface area contributed by atoms with Gasteiger partial charge in [-0.25, -0.2) is 16.8 Å². The van der Waals surface area contributed by atoms with Crippen molar-refractivity contribution in [2.24, 2.45) is 0 Å². The molecule has 0 aromatic heterocycles. The van der Waals surface area contributed by atoms with Crippen molar-refractivity contribution in [3.63, 3.8) is 0 Å². The van der Waals surface area contributed by atoms with E-state index in [1.807, 2.05) is 0 Å². The third-order valence-corrected chi connectivity index (χ3v) is 6.07. The van der Waals surface area contributed by atoms with Crippen molar-refractivity contribution in [2.45, 2.75) is 9.79 Å². The number of anilines is 1. The highest BCUT2D eigenvalue weighted by molar-refractivity contribution is 7.91. The van der Waals surface area contributed by atoms with Gasteiger partial charge in [0, 0.05) is 19.3 Å². The minimum atomic E-state index is -3.81. The lowest BCUT2D eigenvalue weighted by atomic mass is 10.3. The Morgan fingerprint density at radius 1 is 1.15 bits per heavy atom. The van der Waals surface area contributed by atoms with Crippen LogP contribution in [0.3, 0.4) is 0 Å². The van der Waals surface area contributed by atoms with Gasteiger partial charge in [0.1, 0.15) is 4.90 Å². The van der Waals surface area contributed by atoms with Crippen LogP contribution in [0.25, 0.3) is 0 Å². The first-order valence-electron chi connectivity index (χ1n) is 5.90. The quantitative estimate of drug-likeness (QED) is 0.766. The Bertz CT molecular complexity index is 706. The first-order chi connectivity index (χ1) is 9.23. The number of benzene rings is 1. The molecule has 1 aromatic carbocycles. The summed E-state index contributed by atoms with van der Waals surface area (Å²) in [5.74, 6) is 0. The average Bonchev–Trinajstić information content (AvgIpc) is 2.38. The summed E-state index contributed by atoms with van der Waals surface area (Å²) in [4.78, 5) is -0.249. The van der Waals surface area contributed by atoms with Crippen molar-refractivity contribution >= 4 is 25.5 Å². The minimum Gasteiger partial charge on any atom is -0.398 e. The van der Waals surface area contributed by atoms with E-state index in [9.17, 15) is 16.8 Å². The summed E-state index contributed by atoms with van der Waals surface area (Å²) in [6.07, 6.45) is 1.02. The number of rotatable bonds is 3. The van der Waals surface area contributed by atoms with E-state index in [4.69, 9.17) is 10.5 Å². The fourth-order valence-electron chi connectivity index (χ4n) is 1.89. The number of nitrogens with two attached hydrogens (primary N) is 1. The molecule has 112 valence electrons. The molecule has 0 amide bonds. The van der Waals surface area contributed by atoms with Crippen LogP contribution in [-0.4, -0.2) is 53.7 Å². The van der Waals surface area contributed by atoms with Crippen molar-refractivity contribution in [3.05, 3.63) is 18.2 Å². The summed E-state index contributed by atoms with van der Waals surface area (Å²) in [5.41, 5.74) is 5.72. The summed E-state index contributed by atoms with van der Waals surface area (Å²) in [7, 11) is -7.31. The molecule has 0 saturated carbocycles. The number of hydrogen-bond acceptors (Lipinski definition) is 6. The summed E-state index contributed by atoms with van der Waals surface area (Å²) in [6.45, 7) is 1.07. The Morgan fingerprint density at radius 2 is 1.75 bits per heavy atom. The van der Waals surface area contributed by atoms with E-state index in [1.54, 1.807) is 0 Å². The van der Waals surface area contributed by atoms with Gasteiger partial charge in [0.15, 0.2) is 9.84 Å². The first-order valence-corrected chi connectivity index (χ1v) is 9.23. The number of sulfone groups is 1. The Labute approximate surface area is 118 Å². The molecule has 1 aliphatic rings. The van der Waals surface area contributed by atoms with E-state index < -0.39 is 19.9 Å². The van der Waals surface area contributed by atoms with Crippen LogP contribution in [0.2, 0.25) is 0 Å². The fourth-order valence-corrected chi connectivity index (χ4v) is 4.17. The molecule has 7 nitrogen and oxygen atoms in total. The summed E-state index contributed by atoms with van der Waals surface area (Å²) >= 11 is 0. The molecular formula is C11H16N2O5S2. The van der Waals surface area contributed by atoms with E-state index in [-0.39, 0.29) is 28.6 Å². The smallest absolute Gasteiger partial charge is 0.245 e. The largest absolute Gasteiger partial charge is 0.398 e. The van der Waals surface area contributed by atoms with Gasteiger partial charge in [-0.1, -0.05) is 0 Å². The molecular weight excluding hydrogens is 304 g/mol. The predicted octanol–water partition coefficient (Wildman–Crippen LogP) is -0.307. The van der Waals surface area contributed by atoms with Gasteiger partial charge >= 0.3 is 0 Å². The maximum Gasteiger partial charge on any atom is 0.245 e. The molecule has 9 heteroatoms. The summed E-state index contributed by atoms with van der Waals surface area (Å²) in [5, 5.41) is 0. The maximum absolute atomic E-state index is 12.5. The fraction of sp³-hybridized carbons (Fsp3) is 0.455. The Morgan fingerprint density at radius 3 is 2.30 bits per heavy atom. The van der Waals surface area contributed by atoms with Crippen LogP contribution in [-0.2, 0) is 24.6 Å². The zero-order valence-corrected chi connectivity index (χ0v) is 12.6. The monoisotopic (exact) mass is 320 g/mol. The second-order valence-corrected chi connectivity index (χ2v) is 8.41. The van der Waals surface area contributed by atoms with Gasteiger partial charge in [0.05, 0.1) is 23.8 Å². The zero-order valence-electron chi connectivity index (χ0n) is 10.9. The van der Waals surface area contributed by atoms with E-state index in [1.165, 1.54) is 16.4 Å². The Kier molecular flexibility index (Phi) is 4.05. The van der Waals surface area contributed by atoms with Crippen LogP contribution < -0.4 is 5.73 Å². The third kappa shape index (κ3) is 2.95. The van der Waals surface area contributed by atoms with Crippen LogP contribution in [0.4, 0.5) is 5.69 Å². The lowest BCUT2D eigenvalue weighted by molar-refractivity contribution is 0.0730. The van der Waals surface area contributed by atoms with E-state index >= 15 is 0 Å². The number of sulfonamides is 1. The molecule has 1 saturated heterocycles. The molecule has 2 N–H and O–H groups in total. The van der Waals surface area contributed by atoms with Crippen molar-refractivity contribution < 1.29 is 21.6 Å². The zero-order chi connectivity index (χ0) is 15.0. The van der Waals surface area contributed by atoms with E-state index in [0.717, 1.165) is 12.3 Å². The van der Waals surface area contributed by atoms with Gasteiger partial charge in [-0.05, 0) is 18.2 Å².